The number of nitrogens with one attached hydrogen (secondary N) is 1. The fourth-order valence-electron chi connectivity index (χ4n) is 1.53. The summed E-state index contributed by atoms with van der Waals surface area (Å²) in [5.41, 5.74) is -1.35. The third-order valence-corrected chi connectivity index (χ3v) is 2.33. The summed E-state index contributed by atoms with van der Waals surface area (Å²) in [7, 11) is 0. The van der Waals surface area contributed by atoms with E-state index in [2.05, 4.69) is 5.32 Å². The molecule has 0 aromatic heterocycles. The van der Waals surface area contributed by atoms with E-state index in [1.807, 2.05) is 0 Å². The maximum Gasteiger partial charge on any atom is 0.324 e. The molecule has 0 atom stereocenters. The normalized spacial score (nSPS) is 20.8. The zero-order valence-electron chi connectivity index (χ0n) is 9.27. The first kappa shape index (κ1) is 13.7. The molecule has 0 spiro atoms. The largest absolute Gasteiger partial charge is 0.341 e. The molecule has 1 rings (SSSR count). The van der Waals surface area contributed by atoms with Crippen molar-refractivity contribution in [3.8, 4) is 0 Å². The average Bonchev–Trinajstić information content (AvgIpc) is 2.11. The highest BCUT2D eigenvalue weighted by molar-refractivity contribution is 5.97. The summed E-state index contributed by atoms with van der Waals surface area (Å²) in [6.45, 7) is 0.546. The number of piperazine rings is 1. The van der Waals surface area contributed by atoms with Crippen LogP contribution in [0.1, 0.15) is 13.8 Å². The van der Waals surface area contributed by atoms with Gasteiger partial charge in [-0.3, -0.25) is 9.59 Å². The first-order valence-electron chi connectivity index (χ1n) is 4.82. The van der Waals surface area contributed by atoms with Gasteiger partial charge in [-0.25, -0.2) is 8.78 Å². The predicted molar refractivity (Wildman–Crippen MR) is 49.8 cm³/mol. The van der Waals surface area contributed by atoms with Crippen LogP contribution < -0.4 is 5.32 Å². The Kier molecular flexibility index (Phi) is 3.35. The van der Waals surface area contributed by atoms with E-state index in [9.17, 15) is 27.2 Å². The molecular weight excluding hydrogens is 244 g/mol. The quantitative estimate of drug-likeness (QED) is 0.753. The number of halogens is 4. The number of nitrogens with zero attached hydrogens (tertiary/aromatic N) is 1. The van der Waals surface area contributed by atoms with Crippen LogP contribution in [0.4, 0.5) is 17.6 Å². The molecule has 1 fully saturated rings. The summed E-state index contributed by atoms with van der Waals surface area (Å²) in [5, 5.41) is 2.29. The van der Waals surface area contributed by atoms with Crippen molar-refractivity contribution in [1.29, 1.82) is 0 Å². The molecule has 1 aliphatic rings. The standard InChI is InChI=1S/C9H12F4N2O2/c1-8(2)7(17)15(3-5(16)14-8)4-9(12,13)6(10)11/h6H,3-4H2,1-2H3,(H,14,16). The van der Waals surface area contributed by atoms with E-state index in [0.29, 0.717) is 4.90 Å². The zero-order chi connectivity index (χ0) is 13.4. The second kappa shape index (κ2) is 4.15. The van der Waals surface area contributed by atoms with Crippen molar-refractivity contribution in [3.05, 3.63) is 0 Å². The van der Waals surface area contributed by atoms with Gasteiger partial charge in [0, 0.05) is 0 Å². The Bertz CT molecular complexity index is 344. The van der Waals surface area contributed by atoms with Crippen LogP contribution in [0.15, 0.2) is 0 Å². The van der Waals surface area contributed by atoms with Gasteiger partial charge >= 0.3 is 12.3 Å². The number of carbonyl (C=O) groups is 2. The van der Waals surface area contributed by atoms with E-state index in [-0.39, 0.29) is 0 Å². The number of amides is 2. The molecule has 4 nitrogen and oxygen atoms in total. The summed E-state index contributed by atoms with van der Waals surface area (Å²) in [4.78, 5) is 23.2. The lowest BCUT2D eigenvalue weighted by molar-refractivity contribution is -0.167. The van der Waals surface area contributed by atoms with Gasteiger partial charge in [-0.1, -0.05) is 0 Å². The third kappa shape index (κ3) is 2.86. The van der Waals surface area contributed by atoms with Crippen LogP contribution in [0.25, 0.3) is 0 Å². The van der Waals surface area contributed by atoms with Gasteiger partial charge in [0.05, 0.1) is 13.1 Å². The van der Waals surface area contributed by atoms with Gasteiger partial charge in [0.25, 0.3) is 0 Å². The molecule has 0 aromatic carbocycles. The Morgan fingerprint density at radius 2 is 1.94 bits per heavy atom. The Morgan fingerprint density at radius 1 is 1.41 bits per heavy atom. The lowest BCUT2D eigenvalue weighted by atomic mass is 10.00. The summed E-state index contributed by atoms with van der Waals surface area (Å²) < 4.78 is 49.6. The second-order valence-corrected chi connectivity index (χ2v) is 4.40. The highest BCUT2D eigenvalue weighted by Crippen LogP contribution is 2.26. The van der Waals surface area contributed by atoms with Crippen LogP contribution in [-0.2, 0) is 9.59 Å². The lowest BCUT2D eigenvalue weighted by Gasteiger charge is -2.38. The van der Waals surface area contributed by atoms with Crippen LogP contribution in [-0.4, -0.2) is 47.7 Å². The number of hydrogen-bond acceptors (Lipinski definition) is 2. The first-order valence-corrected chi connectivity index (χ1v) is 4.82. The monoisotopic (exact) mass is 256 g/mol. The summed E-state index contributed by atoms with van der Waals surface area (Å²) in [6.07, 6.45) is -3.87. The van der Waals surface area contributed by atoms with Gasteiger partial charge in [0.1, 0.15) is 5.54 Å². The minimum Gasteiger partial charge on any atom is -0.341 e. The summed E-state index contributed by atoms with van der Waals surface area (Å²) >= 11 is 0. The van der Waals surface area contributed by atoms with Gasteiger partial charge in [0.15, 0.2) is 0 Å². The Hall–Kier alpha value is -1.34. The molecule has 1 saturated heterocycles. The molecule has 1 heterocycles. The van der Waals surface area contributed by atoms with Gasteiger partial charge in [0.2, 0.25) is 11.8 Å². The highest BCUT2D eigenvalue weighted by Gasteiger charge is 2.47. The topological polar surface area (TPSA) is 49.4 Å². The minimum absolute atomic E-state index is 0.449. The molecule has 1 aliphatic heterocycles. The van der Waals surface area contributed by atoms with Gasteiger partial charge in [-0.2, -0.15) is 8.78 Å². The van der Waals surface area contributed by atoms with Crippen molar-refractivity contribution in [2.75, 3.05) is 13.1 Å². The van der Waals surface area contributed by atoms with E-state index in [4.69, 9.17) is 0 Å². The Morgan fingerprint density at radius 3 is 2.41 bits per heavy atom. The maximum absolute atomic E-state index is 12.8. The number of carbonyl (C=O) groups excluding carboxylic acids is 2. The van der Waals surface area contributed by atoms with Gasteiger partial charge in [-0.15, -0.1) is 0 Å². The predicted octanol–water partition coefficient (Wildman–Crippen LogP) is 0.624. The molecular formula is C9H12F4N2O2. The van der Waals surface area contributed by atoms with E-state index in [1.54, 1.807) is 0 Å². The van der Waals surface area contributed by atoms with E-state index < -0.39 is 42.8 Å². The fourth-order valence-corrected chi connectivity index (χ4v) is 1.53. The smallest absolute Gasteiger partial charge is 0.324 e. The Labute approximate surface area is 94.9 Å². The van der Waals surface area contributed by atoms with Crippen LogP contribution >= 0.6 is 0 Å². The molecule has 0 aliphatic carbocycles. The van der Waals surface area contributed by atoms with E-state index in [1.165, 1.54) is 13.8 Å². The zero-order valence-corrected chi connectivity index (χ0v) is 9.27. The second-order valence-electron chi connectivity index (χ2n) is 4.40. The van der Waals surface area contributed by atoms with Crippen molar-refractivity contribution in [1.82, 2.24) is 10.2 Å². The maximum atomic E-state index is 12.8. The molecule has 0 aromatic rings. The molecule has 1 N–H and O–H groups in total. The van der Waals surface area contributed by atoms with E-state index >= 15 is 0 Å². The van der Waals surface area contributed by atoms with Crippen LogP contribution in [0.2, 0.25) is 0 Å². The third-order valence-electron chi connectivity index (χ3n) is 2.33. The van der Waals surface area contributed by atoms with Crippen molar-refractivity contribution in [2.24, 2.45) is 0 Å². The van der Waals surface area contributed by atoms with Crippen molar-refractivity contribution in [2.45, 2.75) is 31.7 Å². The SMILES string of the molecule is CC1(C)NC(=O)CN(CC(F)(F)C(F)F)C1=O. The van der Waals surface area contributed by atoms with Crippen LogP contribution in [0, 0.1) is 0 Å². The fraction of sp³-hybridized carbons (Fsp3) is 0.778. The van der Waals surface area contributed by atoms with Gasteiger partial charge < -0.3 is 10.2 Å². The van der Waals surface area contributed by atoms with Crippen molar-refractivity contribution >= 4 is 11.8 Å². The van der Waals surface area contributed by atoms with Crippen molar-refractivity contribution in [3.63, 3.8) is 0 Å². The highest BCUT2D eigenvalue weighted by atomic mass is 19.3. The van der Waals surface area contributed by atoms with E-state index in [0.717, 1.165) is 0 Å². The number of alkyl halides is 4. The Balaban J connectivity index is 2.84. The molecule has 17 heavy (non-hydrogen) atoms. The molecule has 0 unspecified atom stereocenters. The molecule has 0 bridgehead atoms. The minimum atomic E-state index is -4.32. The molecule has 2 amide bonds. The molecule has 0 radical (unpaired) electrons. The molecule has 0 saturated carbocycles. The van der Waals surface area contributed by atoms with Crippen LogP contribution in [0.3, 0.4) is 0 Å². The van der Waals surface area contributed by atoms with Gasteiger partial charge in [-0.05, 0) is 13.8 Å². The average molecular weight is 256 g/mol. The summed E-state index contributed by atoms with van der Waals surface area (Å²) in [5.74, 6) is -5.78. The molecule has 8 heteroatoms. The van der Waals surface area contributed by atoms with Crippen molar-refractivity contribution < 1.29 is 27.2 Å². The molecule has 98 valence electrons. The summed E-state index contributed by atoms with van der Waals surface area (Å²) in [6, 6.07) is 0. The van der Waals surface area contributed by atoms with Crippen LogP contribution in [0.5, 0.6) is 0 Å². The first-order chi connectivity index (χ1) is 7.56. The number of rotatable bonds is 3. The lowest BCUT2D eigenvalue weighted by Crippen LogP contribution is -2.65. The number of hydrogen-bond donors (Lipinski definition) is 1.